The Labute approximate surface area is 132 Å². The first-order valence-electron chi connectivity index (χ1n) is 7.60. The highest BCUT2D eigenvalue weighted by Gasteiger charge is 2.07. The third-order valence-corrected chi connectivity index (χ3v) is 3.45. The molecule has 2 aromatic rings. The summed E-state index contributed by atoms with van der Waals surface area (Å²) in [5, 5.41) is 3.31. The van der Waals surface area contributed by atoms with Crippen LogP contribution < -0.4 is 15.0 Å². The molecule has 5 nitrogen and oxygen atoms in total. The fraction of sp³-hybridized carbons (Fsp3) is 0.412. The highest BCUT2D eigenvalue weighted by atomic mass is 16.5. The fourth-order valence-corrected chi connectivity index (χ4v) is 2.15. The van der Waals surface area contributed by atoms with Gasteiger partial charge in [-0.05, 0) is 37.1 Å². The molecule has 1 aromatic heterocycles. The molecule has 0 aliphatic heterocycles. The van der Waals surface area contributed by atoms with Crippen molar-refractivity contribution in [2.75, 3.05) is 30.9 Å². The van der Waals surface area contributed by atoms with E-state index >= 15 is 0 Å². The molecule has 1 N–H and O–H groups in total. The van der Waals surface area contributed by atoms with Crippen LogP contribution in [0.1, 0.15) is 25.3 Å². The lowest BCUT2D eigenvalue weighted by atomic mass is 10.2. The van der Waals surface area contributed by atoms with Crippen LogP contribution in [-0.4, -0.2) is 30.7 Å². The van der Waals surface area contributed by atoms with Crippen molar-refractivity contribution in [3.63, 3.8) is 0 Å². The standard InChI is InChI=1S/C17H24N4O/c1-5-6-11-21(3)17-18-10-9-16(20-17)19-14-12-13(2)7-8-15(14)22-4/h7-10,12H,5-6,11H2,1-4H3,(H,18,19,20). The normalized spacial score (nSPS) is 10.4. The van der Waals surface area contributed by atoms with E-state index in [0.29, 0.717) is 0 Å². The zero-order valence-corrected chi connectivity index (χ0v) is 13.8. The molecule has 22 heavy (non-hydrogen) atoms. The molecule has 1 aromatic carbocycles. The van der Waals surface area contributed by atoms with Crippen LogP contribution in [0.3, 0.4) is 0 Å². The first kappa shape index (κ1) is 16.1. The van der Waals surface area contributed by atoms with E-state index in [1.54, 1.807) is 13.3 Å². The third-order valence-electron chi connectivity index (χ3n) is 3.45. The van der Waals surface area contributed by atoms with Crippen molar-refractivity contribution in [1.29, 1.82) is 0 Å². The van der Waals surface area contributed by atoms with E-state index < -0.39 is 0 Å². The van der Waals surface area contributed by atoms with E-state index in [0.717, 1.165) is 48.2 Å². The average Bonchev–Trinajstić information content (AvgIpc) is 2.53. The second-order valence-corrected chi connectivity index (χ2v) is 5.35. The number of nitrogens with one attached hydrogen (secondary N) is 1. The van der Waals surface area contributed by atoms with E-state index in [1.807, 2.05) is 31.3 Å². The molecule has 2 rings (SSSR count). The molecule has 0 radical (unpaired) electrons. The van der Waals surface area contributed by atoms with Crippen molar-refractivity contribution < 1.29 is 4.74 Å². The summed E-state index contributed by atoms with van der Waals surface area (Å²) in [6, 6.07) is 7.88. The minimum Gasteiger partial charge on any atom is -0.495 e. The first-order chi connectivity index (χ1) is 10.6. The van der Waals surface area contributed by atoms with Crippen LogP contribution in [0.15, 0.2) is 30.5 Å². The molecule has 1 heterocycles. The van der Waals surface area contributed by atoms with Crippen LogP contribution in [0.4, 0.5) is 17.5 Å². The molecule has 0 fully saturated rings. The Bertz CT molecular complexity index is 615. The Morgan fingerprint density at radius 3 is 2.82 bits per heavy atom. The summed E-state index contributed by atoms with van der Waals surface area (Å²) in [6.07, 6.45) is 4.06. The lowest BCUT2D eigenvalue weighted by Crippen LogP contribution is -2.21. The summed E-state index contributed by atoms with van der Waals surface area (Å²) in [5.74, 6) is 2.28. The molecule has 0 saturated carbocycles. The van der Waals surface area contributed by atoms with Gasteiger partial charge in [0, 0.05) is 19.8 Å². The zero-order valence-electron chi connectivity index (χ0n) is 13.8. The Kier molecular flexibility index (Phi) is 5.58. The zero-order chi connectivity index (χ0) is 15.9. The summed E-state index contributed by atoms with van der Waals surface area (Å²) >= 11 is 0. The average molecular weight is 300 g/mol. The summed E-state index contributed by atoms with van der Waals surface area (Å²) in [4.78, 5) is 11.0. The van der Waals surface area contributed by atoms with E-state index in [4.69, 9.17) is 4.74 Å². The molecule has 0 spiro atoms. The van der Waals surface area contributed by atoms with Gasteiger partial charge in [0.25, 0.3) is 0 Å². The van der Waals surface area contributed by atoms with Gasteiger partial charge in [0.1, 0.15) is 11.6 Å². The molecule has 0 aliphatic rings. The van der Waals surface area contributed by atoms with E-state index in [9.17, 15) is 0 Å². The number of rotatable bonds is 7. The molecule has 0 amide bonds. The van der Waals surface area contributed by atoms with Crippen molar-refractivity contribution in [2.24, 2.45) is 0 Å². The minimum atomic E-state index is 0.727. The largest absolute Gasteiger partial charge is 0.495 e. The molecule has 0 bridgehead atoms. The van der Waals surface area contributed by atoms with Gasteiger partial charge in [-0.25, -0.2) is 4.98 Å². The van der Waals surface area contributed by atoms with E-state index in [-0.39, 0.29) is 0 Å². The van der Waals surface area contributed by atoms with Crippen molar-refractivity contribution in [3.8, 4) is 5.75 Å². The summed E-state index contributed by atoms with van der Waals surface area (Å²) in [6.45, 7) is 5.18. The molecule has 5 heteroatoms. The van der Waals surface area contributed by atoms with Crippen LogP contribution in [0, 0.1) is 6.92 Å². The van der Waals surface area contributed by atoms with Crippen LogP contribution >= 0.6 is 0 Å². The van der Waals surface area contributed by atoms with Gasteiger partial charge in [-0.15, -0.1) is 0 Å². The topological polar surface area (TPSA) is 50.3 Å². The summed E-state index contributed by atoms with van der Waals surface area (Å²) < 4.78 is 5.39. The molecular weight excluding hydrogens is 276 g/mol. The maximum atomic E-state index is 5.39. The smallest absolute Gasteiger partial charge is 0.227 e. The lowest BCUT2D eigenvalue weighted by molar-refractivity contribution is 0.416. The number of anilines is 3. The highest BCUT2D eigenvalue weighted by Crippen LogP contribution is 2.28. The van der Waals surface area contributed by atoms with Crippen molar-refractivity contribution >= 4 is 17.5 Å². The van der Waals surface area contributed by atoms with Crippen LogP contribution in [0.25, 0.3) is 0 Å². The second-order valence-electron chi connectivity index (χ2n) is 5.35. The number of unbranched alkanes of at least 4 members (excludes halogenated alkanes) is 1. The number of ether oxygens (including phenoxy) is 1. The van der Waals surface area contributed by atoms with Crippen molar-refractivity contribution in [2.45, 2.75) is 26.7 Å². The van der Waals surface area contributed by atoms with Gasteiger partial charge < -0.3 is 15.0 Å². The van der Waals surface area contributed by atoms with Gasteiger partial charge in [-0.2, -0.15) is 4.98 Å². The Balaban J connectivity index is 2.18. The third kappa shape index (κ3) is 4.10. The summed E-state index contributed by atoms with van der Waals surface area (Å²) in [5.41, 5.74) is 2.07. The minimum absolute atomic E-state index is 0.727. The van der Waals surface area contributed by atoms with Gasteiger partial charge in [0.15, 0.2) is 0 Å². The molecular formula is C17H24N4O. The number of benzene rings is 1. The quantitative estimate of drug-likeness (QED) is 0.843. The number of hydrogen-bond donors (Lipinski definition) is 1. The van der Waals surface area contributed by atoms with Gasteiger partial charge in [0.2, 0.25) is 5.95 Å². The number of nitrogens with zero attached hydrogens (tertiary/aromatic N) is 3. The first-order valence-corrected chi connectivity index (χ1v) is 7.60. The van der Waals surface area contributed by atoms with Gasteiger partial charge in [0.05, 0.1) is 12.8 Å². The Morgan fingerprint density at radius 1 is 1.27 bits per heavy atom. The number of aromatic nitrogens is 2. The van der Waals surface area contributed by atoms with Crippen molar-refractivity contribution in [1.82, 2.24) is 9.97 Å². The van der Waals surface area contributed by atoms with Gasteiger partial charge in [-0.1, -0.05) is 19.4 Å². The monoisotopic (exact) mass is 300 g/mol. The second kappa shape index (κ2) is 7.64. The van der Waals surface area contributed by atoms with Crippen molar-refractivity contribution in [3.05, 3.63) is 36.0 Å². The van der Waals surface area contributed by atoms with Crippen LogP contribution in [-0.2, 0) is 0 Å². The van der Waals surface area contributed by atoms with Crippen LogP contribution in [0.5, 0.6) is 5.75 Å². The maximum absolute atomic E-state index is 5.39. The molecule has 0 saturated heterocycles. The maximum Gasteiger partial charge on any atom is 0.227 e. The van der Waals surface area contributed by atoms with Crippen LogP contribution in [0.2, 0.25) is 0 Å². The number of aryl methyl sites for hydroxylation is 1. The molecule has 0 atom stereocenters. The lowest BCUT2D eigenvalue weighted by Gasteiger charge is -2.17. The number of hydrogen-bond acceptors (Lipinski definition) is 5. The Hall–Kier alpha value is -2.30. The molecule has 0 aliphatic carbocycles. The van der Waals surface area contributed by atoms with E-state index in [1.165, 1.54) is 0 Å². The molecule has 0 unspecified atom stereocenters. The predicted molar refractivity (Wildman–Crippen MR) is 91.2 cm³/mol. The number of methoxy groups -OCH3 is 1. The fourth-order valence-electron chi connectivity index (χ4n) is 2.15. The Morgan fingerprint density at radius 2 is 2.09 bits per heavy atom. The predicted octanol–water partition coefficient (Wildman–Crippen LogP) is 3.77. The van der Waals surface area contributed by atoms with Gasteiger partial charge in [-0.3, -0.25) is 0 Å². The molecule has 118 valence electrons. The van der Waals surface area contributed by atoms with E-state index in [2.05, 4.69) is 34.0 Å². The highest BCUT2D eigenvalue weighted by molar-refractivity contribution is 5.65. The summed E-state index contributed by atoms with van der Waals surface area (Å²) in [7, 11) is 3.68. The van der Waals surface area contributed by atoms with Gasteiger partial charge >= 0.3 is 0 Å². The SMILES string of the molecule is CCCCN(C)c1nccc(Nc2cc(C)ccc2OC)n1.